The Balaban J connectivity index is 2.85. The molecule has 0 spiro atoms. The Hall–Kier alpha value is -0.290. The third kappa shape index (κ3) is 3.15. The second-order valence-corrected chi connectivity index (χ2v) is 4.06. The number of methoxy groups -OCH3 is 1. The molecule has 72 valence electrons. The van der Waals surface area contributed by atoms with Gasteiger partial charge in [-0.25, -0.2) is 0 Å². The van der Waals surface area contributed by atoms with Crippen molar-refractivity contribution in [3.05, 3.63) is 22.7 Å². The Morgan fingerprint density at radius 3 is 2.62 bits per heavy atom. The molecule has 0 unspecified atom stereocenters. The van der Waals surface area contributed by atoms with Crippen molar-refractivity contribution >= 4 is 27.7 Å². The van der Waals surface area contributed by atoms with Gasteiger partial charge in [0, 0.05) is 9.37 Å². The molecule has 0 amide bonds. The standard InChI is InChI=1S/C8H7BrF2OS/c1-12-5-2-3-7(6(9)4-5)13-8(10)11/h2-4,8H,1H3. The van der Waals surface area contributed by atoms with E-state index in [4.69, 9.17) is 4.74 Å². The van der Waals surface area contributed by atoms with Crippen LogP contribution in [0.5, 0.6) is 5.75 Å². The Bertz CT molecular complexity index is 293. The van der Waals surface area contributed by atoms with Crippen molar-refractivity contribution in [1.29, 1.82) is 0 Å². The number of hydrogen-bond acceptors (Lipinski definition) is 2. The summed E-state index contributed by atoms with van der Waals surface area (Å²) in [7, 11) is 1.53. The van der Waals surface area contributed by atoms with Crippen LogP contribution >= 0.6 is 27.7 Å². The number of hydrogen-bond donors (Lipinski definition) is 0. The number of halogens is 3. The Morgan fingerprint density at radius 1 is 1.46 bits per heavy atom. The summed E-state index contributed by atoms with van der Waals surface area (Å²) in [6.07, 6.45) is 0. The monoisotopic (exact) mass is 268 g/mol. The van der Waals surface area contributed by atoms with Gasteiger partial charge in [-0.3, -0.25) is 0 Å². The van der Waals surface area contributed by atoms with E-state index in [1.807, 2.05) is 0 Å². The van der Waals surface area contributed by atoms with Crippen molar-refractivity contribution in [1.82, 2.24) is 0 Å². The third-order valence-corrected chi connectivity index (χ3v) is 3.06. The first-order valence-corrected chi connectivity index (χ1v) is 5.09. The zero-order valence-corrected chi connectivity index (χ0v) is 9.16. The van der Waals surface area contributed by atoms with Crippen LogP contribution in [0.15, 0.2) is 27.6 Å². The molecule has 1 rings (SSSR count). The fraction of sp³-hybridized carbons (Fsp3) is 0.250. The smallest absolute Gasteiger partial charge is 0.288 e. The molecule has 5 heteroatoms. The summed E-state index contributed by atoms with van der Waals surface area (Å²) >= 11 is 3.69. The average Bonchev–Trinajstić information content (AvgIpc) is 2.08. The second kappa shape index (κ2) is 4.81. The summed E-state index contributed by atoms with van der Waals surface area (Å²) in [4.78, 5) is 0.510. The summed E-state index contributed by atoms with van der Waals surface area (Å²) < 4.78 is 29.5. The number of ether oxygens (including phenoxy) is 1. The van der Waals surface area contributed by atoms with Gasteiger partial charge in [-0.1, -0.05) is 11.8 Å². The van der Waals surface area contributed by atoms with E-state index in [1.54, 1.807) is 18.2 Å². The highest BCUT2D eigenvalue weighted by Gasteiger charge is 2.08. The van der Waals surface area contributed by atoms with Crippen molar-refractivity contribution in [2.75, 3.05) is 7.11 Å². The lowest BCUT2D eigenvalue weighted by Gasteiger charge is -2.05. The molecule has 0 atom stereocenters. The number of rotatable bonds is 3. The highest BCUT2D eigenvalue weighted by Crippen LogP contribution is 2.33. The zero-order valence-electron chi connectivity index (χ0n) is 6.76. The molecule has 0 aliphatic rings. The molecular weight excluding hydrogens is 262 g/mol. The molecule has 1 aromatic rings. The van der Waals surface area contributed by atoms with E-state index in [-0.39, 0.29) is 0 Å². The predicted molar refractivity (Wildman–Crippen MR) is 52.6 cm³/mol. The molecule has 0 fully saturated rings. The number of benzene rings is 1. The van der Waals surface area contributed by atoms with Gasteiger partial charge in [0.05, 0.1) is 7.11 Å². The first-order valence-electron chi connectivity index (χ1n) is 3.42. The normalized spacial score (nSPS) is 10.5. The maximum atomic E-state index is 12.0. The molecule has 13 heavy (non-hydrogen) atoms. The summed E-state index contributed by atoms with van der Waals surface area (Å²) in [5.41, 5.74) is 0. The van der Waals surface area contributed by atoms with Crippen LogP contribution in [0.4, 0.5) is 8.78 Å². The lowest BCUT2D eigenvalue weighted by molar-refractivity contribution is 0.252. The highest BCUT2D eigenvalue weighted by molar-refractivity contribution is 9.10. The van der Waals surface area contributed by atoms with Gasteiger partial charge < -0.3 is 4.74 Å². The minimum atomic E-state index is -2.40. The van der Waals surface area contributed by atoms with Crippen LogP contribution in [0.1, 0.15) is 0 Å². The molecule has 0 aliphatic heterocycles. The van der Waals surface area contributed by atoms with Gasteiger partial charge in [0.25, 0.3) is 5.76 Å². The minimum Gasteiger partial charge on any atom is -0.497 e. The summed E-state index contributed by atoms with van der Waals surface area (Å²) in [6, 6.07) is 4.90. The average molecular weight is 269 g/mol. The van der Waals surface area contributed by atoms with Crippen LogP contribution in [-0.4, -0.2) is 12.9 Å². The predicted octanol–water partition coefficient (Wildman–Crippen LogP) is 3.77. The maximum absolute atomic E-state index is 12.0. The van der Waals surface area contributed by atoms with Crippen LogP contribution in [0.25, 0.3) is 0 Å². The van der Waals surface area contributed by atoms with Gasteiger partial charge in [-0.05, 0) is 34.1 Å². The molecule has 1 nitrogen and oxygen atoms in total. The fourth-order valence-electron chi connectivity index (χ4n) is 0.800. The van der Waals surface area contributed by atoms with E-state index >= 15 is 0 Å². The van der Waals surface area contributed by atoms with Crippen molar-refractivity contribution < 1.29 is 13.5 Å². The molecule has 0 bridgehead atoms. The second-order valence-electron chi connectivity index (χ2n) is 2.17. The summed E-state index contributed by atoms with van der Waals surface area (Å²) in [5, 5.41) is 0. The largest absolute Gasteiger partial charge is 0.497 e. The van der Waals surface area contributed by atoms with Gasteiger partial charge in [0.2, 0.25) is 0 Å². The van der Waals surface area contributed by atoms with E-state index in [0.29, 0.717) is 26.9 Å². The lowest BCUT2D eigenvalue weighted by Crippen LogP contribution is -1.86. The number of alkyl halides is 2. The Kier molecular flexibility index (Phi) is 3.99. The molecule has 0 aliphatic carbocycles. The first-order chi connectivity index (χ1) is 6.13. The molecule has 0 saturated heterocycles. The van der Waals surface area contributed by atoms with E-state index < -0.39 is 5.76 Å². The van der Waals surface area contributed by atoms with Crippen LogP contribution in [0.3, 0.4) is 0 Å². The topological polar surface area (TPSA) is 9.23 Å². The van der Waals surface area contributed by atoms with Crippen LogP contribution in [0.2, 0.25) is 0 Å². The van der Waals surface area contributed by atoms with E-state index in [0.717, 1.165) is 0 Å². The quantitative estimate of drug-likeness (QED) is 0.772. The van der Waals surface area contributed by atoms with E-state index in [1.165, 1.54) is 7.11 Å². The van der Waals surface area contributed by atoms with Gasteiger partial charge in [0.15, 0.2) is 0 Å². The summed E-state index contributed by atoms with van der Waals surface area (Å²) in [5.74, 6) is -1.75. The molecule has 0 heterocycles. The Morgan fingerprint density at radius 2 is 2.15 bits per heavy atom. The molecule has 0 N–H and O–H groups in total. The van der Waals surface area contributed by atoms with Crippen LogP contribution in [0, 0.1) is 0 Å². The zero-order chi connectivity index (χ0) is 9.84. The van der Waals surface area contributed by atoms with Gasteiger partial charge in [-0.2, -0.15) is 8.78 Å². The van der Waals surface area contributed by atoms with Crippen molar-refractivity contribution in [3.8, 4) is 5.75 Å². The van der Waals surface area contributed by atoms with E-state index in [9.17, 15) is 8.78 Å². The number of thioether (sulfide) groups is 1. The van der Waals surface area contributed by atoms with Crippen LogP contribution in [-0.2, 0) is 0 Å². The molecule has 0 saturated carbocycles. The minimum absolute atomic E-state index is 0.508. The van der Waals surface area contributed by atoms with Gasteiger partial charge in [0.1, 0.15) is 5.75 Å². The Labute approximate surface area is 87.6 Å². The van der Waals surface area contributed by atoms with Crippen molar-refractivity contribution in [3.63, 3.8) is 0 Å². The molecule has 1 aromatic carbocycles. The SMILES string of the molecule is COc1ccc(SC(F)F)c(Br)c1. The third-order valence-electron chi connectivity index (χ3n) is 1.36. The van der Waals surface area contributed by atoms with Crippen molar-refractivity contribution in [2.24, 2.45) is 0 Å². The fourth-order valence-corrected chi connectivity index (χ4v) is 1.95. The highest BCUT2D eigenvalue weighted by atomic mass is 79.9. The van der Waals surface area contributed by atoms with Crippen molar-refractivity contribution in [2.45, 2.75) is 10.7 Å². The maximum Gasteiger partial charge on any atom is 0.288 e. The van der Waals surface area contributed by atoms with E-state index in [2.05, 4.69) is 15.9 Å². The lowest BCUT2D eigenvalue weighted by atomic mass is 10.3. The molecule has 0 aromatic heterocycles. The van der Waals surface area contributed by atoms with Gasteiger partial charge in [-0.15, -0.1) is 0 Å². The van der Waals surface area contributed by atoms with Crippen LogP contribution < -0.4 is 4.74 Å². The molecular formula is C8H7BrF2OS. The summed E-state index contributed by atoms with van der Waals surface area (Å²) in [6.45, 7) is 0. The van der Waals surface area contributed by atoms with Gasteiger partial charge >= 0.3 is 0 Å². The first kappa shape index (κ1) is 10.8. The molecule has 0 radical (unpaired) electrons.